The van der Waals surface area contributed by atoms with Crippen molar-refractivity contribution in [2.45, 2.75) is 26.4 Å². The fraction of sp³-hybridized carbons (Fsp3) is 0.400. The van der Waals surface area contributed by atoms with Crippen LogP contribution in [0.25, 0.3) is 0 Å². The summed E-state index contributed by atoms with van der Waals surface area (Å²) in [6, 6.07) is 9.77. The number of amides is 1. The molecule has 0 fully saturated rings. The van der Waals surface area contributed by atoms with Gasteiger partial charge in [0.15, 0.2) is 0 Å². The molecule has 2 rings (SSSR count). The van der Waals surface area contributed by atoms with Crippen molar-refractivity contribution in [2.75, 3.05) is 13.1 Å². The lowest BCUT2D eigenvalue weighted by Crippen LogP contribution is -2.32. The lowest BCUT2D eigenvalue weighted by atomic mass is 10.2. The molecule has 1 aliphatic rings. The van der Waals surface area contributed by atoms with Crippen LogP contribution >= 0.6 is 0 Å². The molecule has 0 radical (unpaired) electrons. The predicted octanol–water partition coefficient (Wildman–Crippen LogP) is 3.37. The summed E-state index contributed by atoms with van der Waals surface area (Å²) in [5.41, 5.74) is 2.38. The van der Waals surface area contributed by atoms with E-state index < -0.39 is 0 Å². The average molecular weight is 245 g/mol. The second kappa shape index (κ2) is 6.24. The van der Waals surface area contributed by atoms with Crippen LogP contribution in [0.4, 0.5) is 4.79 Å². The zero-order chi connectivity index (χ0) is 12.8. The van der Waals surface area contributed by atoms with Crippen molar-refractivity contribution in [1.29, 1.82) is 0 Å². The van der Waals surface area contributed by atoms with Gasteiger partial charge in [-0.3, -0.25) is 0 Å². The summed E-state index contributed by atoms with van der Waals surface area (Å²) in [4.78, 5) is 13.7. The molecule has 3 heteroatoms. The van der Waals surface area contributed by atoms with E-state index in [1.165, 1.54) is 5.57 Å². The molecular formula is C15H19NO2. The van der Waals surface area contributed by atoms with Gasteiger partial charge in [-0.1, -0.05) is 42.0 Å². The molecule has 0 spiro atoms. The van der Waals surface area contributed by atoms with Gasteiger partial charge >= 0.3 is 6.09 Å². The van der Waals surface area contributed by atoms with E-state index >= 15 is 0 Å². The van der Waals surface area contributed by atoms with E-state index in [4.69, 9.17) is 4.74 Å². The normalized spacial score (nSPS) is 15.8. The number of hydrogen-bond acceptors (Lipinski definition) is 2. The molecule has 1 aliphatic heterocycles. The van der Waals surface area contributed by atoms with E-state index in [2.05, 4.69) is 13.0 Å². The van der Waals surface area contributed by atoms with Crippen molar-refractivity contribution in [2.24, 2.45) is 0 Å². The van der Waals surface area contributed by atoms with E-state index in [1.54, 1.807) is 4.90 Å². The lowest BCUT2D eigenvalue weighted by molar-refractivity contribution is 0.0978. The molecule has 0 aromatic heterocycles. The molecule has 1 heterocycles. The van der Waals surface area contributed by atoms with Crippen molar-refractivity contribution >= 4 is 6.09 Å². The third-order valence-electron chi connectivity index (χ3n) is 3.13. The van der Waals surface area contributed by atoms with E-state index in [9.17, 15) is 4.79 Å². The van der Waals surface area contributed by atoms with Crippen LogP contribution in [0.5, 0.6) is 0 Å². The van der Waals surface area contributed by atoms with Crippen LogP contribution in [-0.4, -0.2) is 24.1 Å². The minimum Gasteiger partial charge on any atom is -0.445 e. The SMILES string of the molecule is CC1=CCCN(C(=O)OCc2ccccc2)CC1. The predicted molar refractivity (Wildman–Crippen MR) is 71.2 cm³/mol. The van der Waals surface area contributed by atoms with Crippen LogP contribution in [0.3, 0.4) is 0 Å². The molecule has 18 heavy (non-hydrogen) atoms. The molecule has 0 saturated heterocycles. The Morgan fingerprint density at radius 2 is 2.06 bits per heavy atom. The second-order valence-corrected chi connectivity index (χ2v) is 4.62. The summed E-state index contributed by atoms with van der Waals surface area (Å²) in [6.45, 7) is 3.97. The van der Waals surface area contributed by atoms with Gasteiger partial charge in [-0.05, 0) is 25.3 Å². The van der Waals surface area contributed by atoms with Gasteiger partial charge in [0.2, 0.25) is 0 Å². The zero-order valence-electron chi connectivity index (χ0n) is 10.8. The number of benzene rings is 1. The molecule has 96 valence electrons. The standard InChI is InChI=1S/C15H19NO2/c1-13-6-5-10-16(11-9-13)15(17)18-12-14-7-3-2-4-8-14/h2-4,6-8H,5,9-12H2,1H3. The van der Waals surface area contributed by atoms with Gasteiger partial charge in [0.25, 0.3) is 0 Å². The number of hydrogen-bond donors (Lipinski definition) is 0. The van der Waals surface area contributed by atoms with Crippen LogP contribution in [0.15, 0.2) is 42.0 Å². The highest BCUT2D eigenvalue weighted by Gasteiger charge is 2.16. The summed E-state index contributed by atoms with van der Waals surface area (Å²) in [7, 11) is 0. The highest BCUT2D eigenvalue weighted by atomic mass is 16.6. The fourth-order valence-electron chi connectivity index (χ4n) is 1.99. The third kappa shape index (κ3) is 3.62. The highest BCUT2D eigenvalue weighted by Crippen LogP contribution is 2.11. The summed E-state index contributed by atoms with van der Waals surface area (Å²) in [5.74, 6) is 0. The zero-order valence-corrected chi connectivity index (χ0v) is 10.8. The van der Waals surface area contributed by atoms with Gasteiger partial charge in [-0.15, -0.1) is 0 Å². The van der Waals surface area contributed by atoms with Crippen LogP contribution < -0.4 is 0 Å². The fourth-order valence-corrected chi connectivity index (χ4v) is 1.99. The largest absolute Gasteiger partial charge is 0.445 e. The Morgan fingerprint density at radius 3 is 2.83 bits per heavy atom. The maximum atomic E-state index is 11.9. The molecular weight excluding hydrogens is 226 g/mol. The smallest absolute Gasteiger partial charge is 0.410 e. The first-order chi connectivity index (χ1) is 8.75. The monoisotopic (exact) mass is 245 g/mol. The Morgan fingerprint density at radius 1 is 1.28 bits per heavy atom. The van der Waals surface area contributed by atoms with Crippen molar-refractivity contribution in [1.82, 2.24) is 4.90 Å². The summed E-state index contributed by atoms with van der Waals surface area (Å²) in [6.07, 6.45) is 3.86. The maximum Gasteiger partial charge on any atom is 0.410 e. The Bertz CT molecular complexity index is 425. The van der Waals surface area contributed by atoms with Crippen LogP contribution in [0.2, 0.25) is 0 Å². The second-order valence-electron chi connectivity index (χ2n) is 4.62. The van der Waals surface area contributed by atoms with Crippen LogP contribution in [-0.2, 0) is 11.3 Å². The molecule has 0 N–H and O–H groups in total. The third-order valence-corrected chi connectivity index (χ3v) is 3.13. The Balaban J connectivity index is 1.82. The number of rotatable bonds is 2. The molecule has 1 aromatic rings. The molecule has 0 unspecified atom stereocenters. The number of nitrogens with zero attached hydrogens (tertiary/aromatic N) is 1. The Hall–Kier alpha value is -1.77. The molecule has 1 amide bonds. The van der Waals surface area contributed by atoms with E-state index in [-0.39, 0.29) is 6.09 Å². The van der Waals surface area contributed by atoms with Gasteiger partial charge in [0.1, 0.15) is 6.61 Å². The molecule has 3 nitrogen and oxygen atoms in total. The molecule has 1 aromatic carbocycles. The topological polar surface area (TPSA) is 29.5 Å². The van der Waals surface area contributed by atoms with Gasteiger partial charge < -0.3 is 9.64 Å². The summed E-state index contributed by atoms with van der Waals surface area (Å²) >= 11 is 0. The Kier molecular flexibility index (Phi) is 4.40. The van der Waals surface area contributed by atoms with E-state index in [0.29, 0.717) is 6.61 Å². The van der Waals surface area contributed by atoms with Crippen molar-refractivity contribution in [3.63, 3.8) is 0 Å². The van der Waals surface area contributed by atoms with Crippen molar-refractivity contribution < 1.29 is 9.53 Å². The molecule has 0 bridgehead atoms. The number of carbonyl (C=O) groups excluding carboxylic acids is 1. The number of carbonyl (C=O) groups is 1. The molecule has 0 saturated carbocycles. The lowest BCUT2D eigenvalue weighted by Gasteiger charge is -2.19. The first-order valence-electron chi connectivity index (χ1n) is 6.37. The summed E-state index contributed by atoms with van der Waals surface area (Å²) < 4.78 is 5.32. The quantitative estimate of drug-likeness (QED) is 0.748. The number of ether oxygens (including phenoxy) is 1. The van der Waals surface area contributed by atoms with Crippen LogP contribution in [0.1, 0.15) is 25.3 Å². The van der Waals surface area contributed by atoms with Crippen molar-refractivity contribution in [3.05, 3.63) is 47.5 Å². The van der Waals surface area contributed by atoms with E-state index in [1.807, 2.05) is 30.3 Å². The molecule has 0 aliphatic carbocycles. The maximum absolute atomic E-state index is 11.9. The molecule has 0 atom stereocenters. The first-order valence-corrected chi connectivity index (χ1v) is 6.37. The van der Waals surface area contributed by atoms with Crippen LogP contribution in [0, 0.1) is 0 Å². The highest BCUT2D eigenvalue weighted by molar-refractivity contribution is 5.67. The van der Waals surface area contributed by atoms with Crippen molar-refractivity contribution in [3.8, 4) is 0 Å². The first kappa shape index (κ1) is 12.7. The minimum absolute atomic E-state index is 0.207. The Labute approximate surface area is 108 Å². The average Bonchev–Trinajstić information content (AvgIpc) is 2.62. The minimum atomic E-state index is -0.207. The van der Waals surface area contributed by atoms with Gasteiger partial charge in [0, 0.05) is 13.1 Å². The van der Waals surface area contributed by atoms with Gasteiger partial charge in [-0.25, -0.2) is 4.79 Å². The van der Waals surface area contributed by atoms with E-state index in [0.717, 1.165) is 31.5 Å². The van der Waals surface area contributed by atoms with Gasteiger partial charge in [0.05, 0.1) is 0 Å². The van der Waals surface area contributed by atoms with Gasteiger partial charge in [-0.2, -0.15) is 0 Å². The summed E-state index contributed by atoms with van der Waals surface area (Å²) in [5, 5.41) is 0.